The molecule has 0 N–H and O–H groups in total. The molecule has 0 aromatic heterocycles. The third kappa shape index (κ3) is 12.6. The molecular weight excluding hydrogens is 212 g/mol. The summed E-state index contributed by atoms with van der Waals surface area (Å²) in [6.07, 6.45) is 4.66. The second-order valence-corrected chi connectivity index (χ2v) is 3.83. The minimum atomic E-state index is -0.0414. The van der Waals surface area contributed by atoms with E-state index in [9.17, 15) is 4.79 Å². The topological polar surface area (TPSA) is 26.3 Å². The van der Waals surface area contributed by atoms with Gasteiger partial charge in [-0.1, -0.05) is 63.1 Å². The van der Waals surface area contributed by atoms with E-state index in [-0.39, 0.29) is 5.97 Å². The summed E-state index contributed by atoms with van der Waals surface area (Å²) in [5, 5.41) is 0. The highest BCUT2D eigenvalue weighted by molar-refractivity contribution is 5.69. The van der Waals surface area contributed by atoms with Crippen LogP contribution in [0.5, 0.6) is 0 Å². The SMILES string of the molecule is CCCCOC(=O)CCCC.c1ccccc1. The Morgan fingerprint density at radius 3 is 1.76 bits per heavy atom. The number of benzene rings is 1. The van der Waals surface area contributed by atoms with Gasteiger partial charge in [0.05, 0.1) is 6.61 Å². The van der Waals surface area contributed by atoms with Crippen LogP contribution in [-0.2, 0) is 9.53 Å². The molecule has 0 radical (unpaired) electrons. The Morgan fingerprint density at radius 1 is 0.882 bits per heavy atom. The summed E-state index contributed by atoms with van der Waals surface area (Å²) in [6, 6.07) is 12.0. The van der Waals surface area contributed by atoms with Gasteiger partial charge in [-0.05, 0) is 12.8 Å². The molecule has 0 fully saturated rings. The van der Waals surface area contributed by atoms with Crippen LogP contribution in [0.3, 0.4) is 0 Å². The molecule has 0 saturated heterocycles. The van der Waals surface area contributed by atoms with Crippen molar-refractivity contribution in [3.63, 3.8) is 0 Å². The predicted octanol–water partition coefficient (Wildman–Crippen LogP) is 4.21. The average molecular weight is 236 g/mol. The maximum Gasteiger partial charge on any atom is 0.305 e. The molecule has 1 aromatic carbocycles. The van der Waals surface area contributed by atoms with E-state index in [1.165, 1.54) is 0 Å². The number of carbonyl (C=O) groups excluding carboxylic acids is 1. The number of hydrogen-bond donors (Lipinski definition) is 0. The van der Waals surface area contributed by atoms with Gasteiger partial charge in [-0.2, -0.15) is 0 Å². The lowest BCUT2D eigenvalue weighted by atomic mass is 10.2. The van der Waals surface area contributed by atoms with Gasteiger partial charge in [0.15, 0.2) is 0 Å². The molecule has 0 unspecified atom stereocenters. The van der Waals surface area contributed by atoms with Crippen molar-refractivity contribution in [1.29, 1.82) is 0 Å². The molecule has 0 amide bonds. The second kappa shape index (κ2) is 12.8. The molecule has 0 heterocycles. The lowest BCUT2D eigenvalue weighted by molar-refractivity contribution is -0.143. The average Bonchev–Trinajstić information content (AvgIpc) is 2.39. The zero-order valence-electron chi connectivity index (χ0n) is 11.0. The van der Waals surface area contributed by atoms with Crippen LogP contribution in [0.25, 0.3) is 0 Å². The summed E-state index contributed by atoms with van der Waals surface area (Å²) in [4.78, 5) is 10.9. The number of unbranched alkanes of at least 4 members (excludes halogenated alkanes) is 2. The first-order valence-corrected chi connectivity index (χ1v) is 6.46. The minimum Gasteiger partial charge on any atom is -0.466 e. The molecule has 0 bridgehead atoms. The van der Waals surface area contributed by atoms with Gasteiger partial charge >= 0.3 is 5.97 Å². The summed E-state index contributed by atoms with van der Waals surface area (Å²) >= 11 is 0. The van der Waals surface area contributed by atoms with E-state index in [2.05, 4.69) is 13.8 Å². The molecule has 0 aliphatic rings. The van der Waals surface area contributed by atoms with Gasteiger partial charge in [0.2, 0.25) is 0 Å². The highest BCUT2D eigenvalue weighted by atomic mass is 16.5. The van der Waals surface area contributed by atoms with Crippen molar-refractivity contribution in [2.24, 2.45) is 0 Å². The van der Waals surface area contributed by atoms with Crippen LogP contribution in [0.2, 0.25) is 0 Å². The fourth-order valence-corrected chi connectivity index (χ4v) is 1.11. The van der Waals surface area contributed by atoms with Gasteiger partial charge in [-0.15, -0.1) is 0 Å². The predicted molar refractivity (Wildman–Crippen MR) is 71.8 cm³/mol. The van der Waals surface area contributed by atoms with E-state index in [0.717, 1.165) is 25.7 Å². The summed E-state index contributed by atoms with van der Waals surface area (Å²) in [5.74, 6) is -0.0414. The van der Waals surface area contributed by atoms with E-state index < -0.39 is 0 Å². The largest absolute Gasteiger partial charge is 0.466 e. The first-order valence-electron chi connectivity index (χ1n) is 6.46. The molecule has 0 aliphatic carbocycles. The van der Waals surface area contributed by atoms with E-state index in [1.54, 1.807) is 0 Å². The first kappa shape index (κ1) is 15.7. The monoisotopic (exact) mass is 236 g/mol. The third-order valence-corrected chi connectivity index (χ3v) is 2.16. The van der Waals surface area contributed by atoms with Crippen molar-refractivity contribution >= 4 is 5.97 Å². The maximum absolute atomic E-state index is 10.9. The van der Waals surface area contributed by atoms with Gasteiger partial charge < -0.3 is 4.74 Å². The highest BCUT2D eigenvalue weighted by Gasteiger charge is 1.99. The highest BCUT2D eigenvalue weighted by Crippen LogP contribution is 1.97. The number of hydrogen-bond acceptors (Lipinski definition) is 2. The number of rotatable bonds is 6. The fourth-order valence-electron chi connectivity index (χ4n) is 1.11. The van der Waals surface area contributed by atoms with E-state index in [0.29, 0.717) is 13.0 Å². The van der Waals surface area contributed by atoms with Crippen molar-refractivity contribution in [2.45, 2.75) is 46.0 Å². The molecule has 2 heteroatoms. The van der Waals surface area contributed by atoms with Crippen molar-refractivity contribution < 1.29 is 9.53 Å². The Morgan fingerprint density at radius 2 is 1.35 bits per heavy atom. The summed E-state index contributed by atoms with van der Waals surface area (Å²) < 4.78 is 4.95. The van der Waals surface area contributed by atoms with Gasteiger partial charge in [-0.25, -0.2) is 0 Å². The molecule has 0 atom stereocenters. The molecular formula is C15H24O2. The number of carbonyl (C=O) groups is 1. The van der Waals surface area contributed by atoms with Crippen molar-refractivity contribution in [3.05, 3.63) is 36.4 Å². The number of esters is 1. The van der Waals surface area contributed by atoms with Gasteiger partial charge in [0.25, 0.3) is 0 Å². The zero-order chi connectivity index (χ0) is 12.8. The molecule has 1 aromatic rings. The van der Waals surface area contributed by atoms with Crippen molar-refractivity contribution in [3.8, 4) is 0 Å². The summed E-state index contributed by atoms with van der Waals surface area (Å²) in [6.45, 7) is 4.75. The van der Waals surface area contributed by atoms with E-state index >= 15 is 0 Å². The molecule has 1 rings (SSSR count). The summed E-state index contributed by atoms with van der Waals surface area (Å²) in [5.41, 5.74) is 0. The van der Waals surface area contributed by atoms with Crippen LogP contribution in [-0.4, -0.2) is 12.6 Å². The van der Waals surface area contributed by atoms with Crippen molar-refractivity contribution in [1.82, 2.24) is 0 Å². The normalized spacial score (nSPS) is 9.06. The minimum absolute atomic E-state index is 0.0414. The van der Waals surface area contributed by atoms with Gasteiger partial charge in [0, 0.05) is 6.42 Å². The van der Waals surface area contributed by atoms with Crippen LogP contribution < -0.4 is 0 Å². The molecule has 2 nitrogen and oxygen atoms in total. The number of ether oxygens (including phenoxy) is 1. The molecule has 96 valence electrons. The quantitative estimate of drug-likeness (QED) is 0.546. The maximum atomic E-state index is 10.9. The Hall–Kier alpha value is -1.31. The van der Waals surface area contributed by atoms with E-state index in [1.807, 2.05) is 36.4 Å². The molecule has 0 aliphatic heterocycles. The summed E-state index contributed by atoms with van der Waals surface area (Å²) in [7, 11) is 0. The van der Waals surface area contributed by atoms with Crippen LogP contribution in [0.1, 0.15) is 46.0 Å². The smallest absolute Gasteiger partial charge is 0.305 e. The third-order valence-electron chi connectivity index (χ3n) is 2.16. The lowest BCUT2D eigenvalue weighted by Gasteiger charge is -2.01. The molecule has 0 spiro atoms. The van der Waals surface area contributed by atoms with Crippen molar-refractivity contribution in [2.75, 3.05) is 6.61 Å². The lowest BCUT2D eigenvalue weighted by Crippen LogP contribution is -2.04. The Balaban J connectivity index is 0.000000354. The first-order chi connectivity index (χ1) is 8.31. The van der Waals surface area contributed by atoms with E-state index in [4.69, 9.17) is 4.74 Å². The van der Waals surface area contributed by atoms with Crippen LogP contribution in [0, 0.1) is 0 Å². The molecule has 0 saturated carbocycles. The fraction of sp³-hybridized carbons (Fsp3) is 0.533. The Kier molecular flexibility index (Phi) is 11.8. The standard InChI is InChI=1S/C9H18O2.C6H6/c1-3-5-7-9(10)11-8-6-4-2;1-2-4-6-5-3-1/h3-8H2,1-2H3;1-6H. The van der Waals surface area contributed by atoms with Crippen LogP contribution in [0.4, 0.5) is 0 Å². The second-order valence-electron chi connectivity index (χ2n) is 3.83. The Bertz CT molecular complexity index is 230. The van der Waals surface area contributed by atoms with Gasteiger partial charge in [0.1, 0.15) is 0 Å². The van der Waals surface area contributed by atoms with Crippen LogP contribution in [0.15, 0.2) is 36.4 Å². The van der Waals surface area contributed by atoms with Gasteiger partial charge in [-0.3, -0.25) is 4.79 Å². The zero-order valence-corrected chi connectivity index (χ0v) is 11.0. The Labute approximate surface area is 105 Å². The molecule has 17 heavy (non-hydrogen) atoms. The van der Waals surface area contributed by atoms with Crippen LogP contribution >= 0.6 is 0 Å².